The van der Waals surface area contributed by atoms with E-state index in [4.69, 9.17) is 16.0 Å². The minimum atomic E-state index is -3.85. The molecule has 0 saturated heterocycles. The summed E-state index contributed by atoms with van der Waals surface area (Å²) in [5.41, 5.74) is 1.21. The molecule has 6 nitrogen and oxygen atoms in total. The number of para-hydroxylation sites is 1. The van der Waals surface area contributed by atoms with Gasteiger partial charge in [0, 0.05) is 17.1 Å². The Morgan fingerprint density at radius 1 is 1.04 bits per heavy atom. The lowest BCUT2D eigenvalue weighted by atomic mass is 10.1. The van der Waals surface area contributed by atoms with E-state index in [1.165, 1.54) is 42.9 Å². The monoisotopic (exact) mass is 390 g/mol. The van der Waals surface area contributed by atoms with Crippen LogP contribution < -0.4 is 10.0 Å². The van der Waals surface area contributed by atoms with E-state index in [0.29, 0.717) is 5.02 Å². The summed E-state index contributed by atoms with van der Waals surface area (Å²) in [7, 11) is -3.85. The van der Waals surface area contributed by atoms with Gasteiger partial charge in [-0.15, -0.1) is 0 Å². The van der Waals surface area contributed by atoms with Crippen molar-refractivity contribution >= 4 is 33.2 Å². The average Bonchev–Trinajstić information content (AvgIpc) is 3.14. The lowest BCUT2D eigenvalue weighted by Crippen LogP contribution is -2.24. The molecule has 0 spiro atoms. The molecule has 0 unspecified atom stereocenters. The fraction of sp³-hybridized carbons (Fsp3) is 0.0556. The second-order valence-corrected chi connectivity index (χ2v) is 7.54. The van der Waals surface area contributed by atoms with E-state index in [-0.39, 0.29) is 22.7 Å². The molecule has 8 heteroatoms. The molecule has 0 saturated carbocycles. The van der Waals surface area contributed by atoms with E-state index < -0.39 is 15.9 Å². The molecule has 3 rings (SSSR count). The van der Waals surface area contributed by atoms with Gasteiger partial charge in [-0.05, 0) is 42.5 Å². The Kier molecular flexibility index (Phi) is 5.29. The van der Waals surface area contributed by atoms with Crippen molar-refractivity contribution < 1.29 is 17.6 Å². The number of hydrogen-bond acceptors (Lipinski definition) is 4. The predicted molar refractivity (Wildman–Crippen MR) is 98.6 cm³/mol. The summed E-state index contributed by atoms with van der Waals surface area (Å²) in [6, 6.07) is 13.9. The van der Waals surface area contributed by atoms with Gasteiger partial charge >= 0.3 is 0 Å². The molecule has 2 N–H and O–H groups in total. The first kappa shape index (κ1) is 18.0. The van der Waals surface area contributed by atoms with Crippen LogP contribution in [0.1, 0.15) is 15.9 Å². The maximum atomic E-state index is 12.5. The first-order valence-electron chi connectivity index (χ1n) is 7.62. The van der Waals surface area contributed by atoms with Crippen molar-refractivity contribution in [2.45, 2.75) is 11.4 Å². The highest BCUT2D eigenvalue weighted by Crippen LogP contribution is 2.21. The molecule has 0 radical (unpaired) electrons. The number of carbonyl (C=O) groups excluding carboxylic acids is 1. The number of benzene rings is 2. The van der Waals surface area contributed by atoms with Crippen LogP contribution in [0.15, 0.2) is 76.4 Å². The van der Waals surface area contributed by atoms with Crippen LogP contribution in [0.3, 0.4) is 0 Å². The van der Waals surface area contributed by atoms with Gasteiger partial charge in [-0.2, -0.15) is 0 Å². The molecule has 3 aromatic rings. The van der Waals surface area contributed by atoms with E-state index in [0.717, 1.165) is 5.56 Å². The summed E-state index contributed by atoms with van der Waals surface area (Å²) in [6.07, 6.45) is 3.03. The molecule has 0 atom stereocenters. The van der Waals surface area contributed by atoms with Crippen molar-refractivity contribution in [3.05, 3.63) is 83.3 Å². The molecule has 26 heavy (non-hydrogen) atoms. The van der Waals surface area contributed by atoms with Gasteiger partial charge in [0.2, 0.25) is 0 Å². The summed E-state index contributed by atoms with van der Waals surface area (Å²) >= 11 is 5.79. The Balaban J connectivity index is 1.80. The Morgan fingerprint density at radius 3 is 2.46 bits per heavy atom. The molecular formula is C18H15ClN2O4S. The van der Waals surface area contributed by atoms with Gasteiger partial charge in [-0.3, -0.25) is 9.52 Å². The van der Waals surface area contributed by atoms with Gasteiger partial charge in [0.1, 0.15) is 0 Å². The number of sulfonamides is 1. The summed E-state index contributed by atoms with van der Waals surface area (Å²) in [5, 5.41) is 3.16. The van der Waals surface area contributed by atoms with E-state index in [1.807, 2.05) is 0 Å². The van der Waals surface area contributed by atoms with Crippen LogP contribution in [0, 0.1) is 0 Å². The number of hydrogen-bond donors (Lipinski definition) is 2. The summed E-state index contributed by atoms with van der Waals surface area (Å²) in [6.45, 7) is 0.271. The highest BCUT2D eigenvalue weighted by atomic mass is 35.5. The number of carbonyl (C=O) groups is 1. The Hall–Kier alpha value is -2.77. The van der Waals surface area contributed by atoms with E-state index in [1.54, 1.807) is 24.3 Å². The molecule has 1 aromatic heterocycles. The summed E-state index contributed by atoms with van der Waals surface area (Å²) < 4.78 is 32.5. The highest BCUT2D eigenvalue weighted by molar-refractivity contribution is 7.92. The molecule has 2 aromatic carbocycles. The third-order valence-electron chi connectivity index (χ3n) is 3.57. The third-order valence-corrected chi connectivity index (χ3v) is 5.21. The van der Waals surface area contributed by atoms with Crippen molar-refractivity contribution in [1.29, 1.82) is 0 Å². The van der Waals surface area contributed by atoms with Gasteiger partial charge in [0.15, 0.2) is 0 Å². The Morgan fingerprint density at radius 2 is 1.77 bits per heavy atom. The zero-order valence-corrected chi connectivity index (χ0v) is 15.0. The second kappa shape index (κ2) is 7.63. The van der Waals surface area contributed by atoms with Crippen molar-refractivity contribution in [1.82, 2.24) is 5.32 Å². The average molecular weight is 391 g/mol. The Bertz CT molecular complexity index is 1000. The van der Waals surface area contributed by atoms with E-state index >= 15 is 0 Å². The number of rotatable bonds is 6. The molecule has 0 bridgehead atoms. The second-order valence-electron chi connectivity index (χ2n) is 5.42. The quantitative estimate of drug-likeness (QED) is 0.672. The Labute approximate surface area is 155 Å². The first-order valence-corrected chi connectivity index (χ1v) is 9.48. The van der Waals surface area contributed by atoms with Crippen molar-refractivity contribution in [3.8, 4) is 0 Å². The lowest BCUT2D eigenvalue weighted by Gasteiger charge is -2.12. The smallest absolute Gasteiger partial charge is 0.261 e. The van der Waals surface area contributed by atoms with Crippen LogP contribution in [-0.4, -0.2) is 14.3 Å². The third kappa shape index (κ3) is 4.25. The van der Waals surface area contributed by atoms with Gasteiger partial charge in [0.25, 0.3) is 15.9 Å². The largest absolute Gasteiger partial charge is 0.472 e. The normalized spacial score (nSPS) is 11.1. The molecule has 0 aliphatic carbocycles. The first-order chi connectivity index (χ1) is 12.5. The van der Waals surface area contributed by atoms with Crippen molar-refractivity contribution in [2.24, 2.45) is 0 Å². The topological polar surface area (TPSA) is 88.4 Å². The number of nitrogens with one attached hydrogen (secondary N) is 2. The van der Waals surface area contributed by atoms with Crippen LogP contribution in [0.2, 0.25) is 5.02 Å². The van der Waals surface area contributed by atoms with Crippen LogP contribution in [0.5, 0.6) is 0 Å². The summed E-state index contributed by atoms with van der Waals surface area (Å²) in [4.78, 5) is 12.5. The van der Waals surface area contributed by atoms with Gasteiger partial charge in [0.05, 0.1) is 28.7 Å². The van der Waals surface area contributed by atoms with Gasteiger partial charge in [-0.25, -0.2) is 8.42 Å². The van der Waals surface area contributed by atoms with Crippen molar-refractivity contribution in [3.63, 3.8) is 0 Å². The van der Waals surface area contributed by atoms with Crippen LogP contribution in [-0.2, 0) is 16.6 Å². The maximum absolute atomic E-state index is 12.5. The maximum Gasteiger partial charge on any atom is 0.261 e. The molecule has 0 fully saturated rings. The predicted octanol–water partition coefficient (Wildman–Crippen LogP) is 3.66. The van der Waals surface area contributed by atoms with Crippen LogP contribution in [0.4, 0.5) is 5.69 Å². The fourth-order valence-electron chi connectivity index (χ4n) is 2.26. The lowest BCUT2D eigenvalue weighted by molar-refractivity contribution is 0.0952. The number of halogens is 1. The van der Waals surface area contributed by atoms with Gasteiger partial charge < -0.3 is 9.73 Å². The molecular weight excluding hydrogens is 376 g/mol. The SMILES string of the molecule is O=C(NCc1ccoc1)c1ccccc1NS(=O)(=O)c1ccc(Cl)cc1. The van der Waals surface area contributed by atoms with E-state index in [9.17, 15) is 13.2 Å². The van der Waals surface area contributed by atoms with Crippen LogP contribution in [0.25, 0.3) is 0 Å². The molecule has 0 aliphatic rings. The number of amides is 1. The molecule has 134 valence electrons. The van der Waals surface area contributed by atoms with Crippen molar-refractivity contribution in [2.75, 3.05) is 4.72 Å². The minimum absolute atomic E-state index is 0.0514. The minimum Gasteiger partial charge on any atom is -0.472 e. The van der Waals surface area contributed by atoms with Crippen LogP contribution >= 0.6 is 11.6 Å². The molecule has 1 heterocycles. The van der Waals surface area contributed by atoms with E-state index in [2.05, 4.69) is 10.0 Å². The highest BCUT2D eigenvalue weighted by Gasteiger charge is 2.18. The zero-order valence-electron chi connectivity index (χ0n) is 13.5. The zero-order chi connectivity index (χ0) is 18.6. The van der Waals surface area contributed by atoms with Gasteiger partial charge in [-0.1, -0.05) is 23.7 Å². The number of anilines is 1. The summed E-state index contributed by atoms with van der Waals surface area (Å²) in [5.74, 6) is -0.402. The standard InChI is InChI=1S/C18H15ClN2O4S/c19-14-5-7-15(8-6-14)26(23,24)21-17-4-2-1-3-16(17)18(22)20-11-13-9-10-25-12-13/h1-10,12,21H,11H2,(H,20,22). The number of furan rings is 1. The molecule has 1 amide bonds. The fourth-order valence-corrected chi connectivity index (χ4v) is 3.46. The molecule has 0 aliphatic heterocycles.